The van der Waals surface area contributed by atoms with E-state index in [2.05, 4.69) is 5.32 Å². The van der Waals surface area contributed by atoms with E-state index in [1.165, 1.54) is 25.1 Å². The van der Waals surface area contributed by atoms with E-state index in [9.17, 15) is 34.4 Å². The Hall–Kier alpha value is -3.26. The molecule has 0 aliphatic rings. The van der Waals surface area contributed by atoms with Crippen LogP contribution in [0.3, 0.4) is 0 Å². The summed E-state index contributed by atoms with van der Waals surface area (Å²) in [6.07, 6.45) is 0. The minimum atomic E-state index is -3.72. The zero-order chi connectivity index (χ0) is 18.9. The number of aryl methyl sites for hydroxylation is 1. The Morgan fingerprint density at radius 1 is 1.36 bits per heavy atom. The van der Waals surface area contributed by atoms with Crippen molar-refractivity contribution in [2.24, 2.45) is 0 Å². The molecule has 2 rings (SSSR count). The fourth-order valence-corrected chi connectivity index (χ4v) is 2.11. The number of hydrogen-bond acceptors (Lipinski definition) is 7. The average Bonchev–Trinajstić information content (AvgIpc) is 2.49. The molecule has 0 saturated heterocycles. The molecule has 0 atom stereocenters. The largest absolute Gasteiger partial charge is 0.506 e. The number of aliphatic hydroxyl groups is 3. The molecule has 6 N–H and O–H groups in total. The lowest BCUT2D eigenvalue weighted by molar-refractivity contribution is -0.324. The number of pyridine rings is 1. The quantitative estimate of drug-likeness (QED) is 0.415. The highest BCUT2D eigenvalue weighted by atomic mass is 19.1. The van der Waals surface area contributed by atoms with Crippen molar-refractivity contribution in [1.29, 1.82) is 5.26 Å². The van der Waals surface area contributed by atoms with Crippen LogP contribution in [0.5, 0.6) is 5.75 Å². The number of hydrogen-bond donors (Lipinski definition) is 6. The third kappa shape index (κ3) is 3.48. The Morgan fingerprint density at radius 3 is 2.52 bits per heavy atom. The number of benzene rings is 1. The second-order valence-electron chi connectivity index (χ2n) is 5.09. The Labute approximate surface area is 139 Å². The van der Waals surface area contributed by atoms with E-state index in [0.29, 0.717) is 0 Å². The molecule has 1 aromatic heterocycles. The number of carbonyl (C=O) groups is 1. The van der Waals surface area contributed by atoms with Crippen LogP contribution >= 0.6 is 0 Å². The number of nitrogens with one attached hydrogen (secondary N) is 2. The molecule has 0 fully saturated rings. The average molecular weight is 349 g/mol. The van der Waals surface area contributed by atoms with Crippen molar-refractivity contribution < 1.29 is 29.6 Å². The highest BCUT2D eigenvalue weighted by Gasteiger charge is 2.35. The molecule has 1 amide bonds. The van der Waals surface area contributed by atoms with Crippen LogP contribution in [0.15, 0.2) is 23.0 Å². The Kier molecular flexibility index (Phi) is 4.58. The molecule has 1 heterocycles. The van der Waals surface area contributed by atoms with Crippen LogP contribution in [-0.4, -0.2) is 31.3 Å². The van der Waals surface area contributed by atoms with Gasteiger partial charge < -0.3 is 30.7 Å². The number of amides is 1. The van der Waals surface area contributed by atoms with Gasteiger partial charge in [0.05, 0.1) is 0 Å². The van der Waals surface area contributed by atoms with E-state index < -0.39 is 45.8 Å². The van der Waals surface area contributed by atoms with Gasteiger partial charge in [-0.3, -0.25) is 9.59 Å². The van der Waals surface area contributed by atoms with Gasteiger partial charge in [-0.15, -0.1) is 0 Å². The lowest BCUT2D eigenvalue weighted by Crippen LogP contribution is -2.32. The standard InChI is InChI=1S/C15H12FN3O6/c1-6-4-7(2-3-9(6)16)18-14(22)11-10(15(23,24)25)12(20)8(5-17)13(21)19-11/h2-4,23-25H,1H3,(H,18,22)(H2,19,20,21). The maximum absolute atomic E-state index is 13.2. The van der Waals surface area contributed by atoms with Crippen LogP contribution < -0.4 is 10.9 Å². The van der Waals surface area contributed by atoms with Crippen molar-refractivity contribution in [3.05, 3.63) is 56.8 Å². The molecule has 0 aliphatic heterocycles. The number of carbonyl (C=O) groups excluding carboxylic acids is 1. The molecular formula is C15H12FN3O6. The summed E-state index contributed by atoms with van der Waals surface area (Å²) in [5.41, 5.74) is -3.89. The molecule has 0 saturated carbocycles. The lowest BCUT2D eigenvalue weighted by Gasteiger charge is -2.19. The predicted octanol–water partition coefficient (Wildman–Crippen LogP) is -0.261. The molecule has 0 bridgehead atoms. The van der Waals surface area contributed by atoms with Gasteiger partial charge in [0.1, 0.15) is 23.1 Å². The molecule has 9 nitrogen and oxygen atoms in total. The highest BCUT2D eigenvalue weighted by molar-refractivity contribution is 6.04. The molecule has 10 heteroatoms. The van der Waals surface area contributed by atoms with Crippen LogP contribution in [0.1, 0.15) is 27.2 Å². The minimum Gasteiger partial charge on any atom is -0.506 e. The molecule has 130 valence electrons. The second-order valence-corrected chi connectivity index (χ2v) is 5.09. The number of anilines is 1. The van der Waals surface area contributed by atoms with Crippen molar-refractivity contribution in [3.8, 4) is 11.8 Å². The first-order valence-electron chi connectivity index (χ1n) is 6.70. The Bertz CT molecular complexity index is 955. The summed E-state index contributed by atoms with van der Waals surface area (Å²) >= 11 is 0. The highest BCUT2D eigenvalue weighted by Crippen LogP contribution is 2.30. The van der Waals surface area contributed by atoms with E-state index in [4.69, 9.17) is 5.26 Å². The van der Waals surface area contributed by atoms with Crippen LogP contribution in [-0.2, 0) is 5.97 Å². The first-order chi connectivity index (χ1) is 11.6. The molecule has 2 aromatic rings. The van der Waals surface area contributed by atoms with Gasteiger partial charge in [0.2, 0.25) is 0 Å². The number of nitriles is 1. The van der Waals surface area contributed by atoms with Crippen molar-refractivity contribution in [1.82, 2.24) is 4.98 Å². The zero-order valence-electron chi connectivity index (χ0n) is 12.7. The SMILES string of the molecule is Cc1cc(NC(=O)c2[nH]c(=O)c(C#N)c(O)c2C(O)(O)O)ccc1F. The Balaban J connectivity index is 2.58. The van der Waals surface area contributed by atoms with Crippen molar-refractivity contribution in [3.63, 3.8) is 0 Å². The smallest absolute Gasteiger partial charge is 0.310 e. The topological polar surface area (TPSA) is 167 Å². The fraction of sp³-hybridized carbons (Fsp3) is 0.133. The number of aromatic hydroxyl groups is 1. The minimum absolute atomic E-state index is 0.0963. The van der Waals surface area contributed by atoms with Crippen molar-refractivity contribution >= 4 is 11.6 Å². The second kappa shape index (κ2) is 6.33. The van der Waals surface area contributed by atoms with Gasteiger partial charge in [-0.2, -0.15) is 5.26 Å². The molecule has 0 unspecified atom stereocenters. The number of aromatic amines is 1. The molecule has 0 radical (unpaired) electrons. The fourth-order valence-electron chi connectivity index (χ4n) is 2.11. The maximum atomic E-state index is 13.2. The van der Waals surface area contributed by atoms with Crippen molar-refractivity contribution in [2.75, 3.05) is 5.32 Å². The number of nitrogens with zero attached hydrogens (tertiary/aromatic N) is 1. The summed E-state index contributed by atoms with van der Waals surface area (Å²) in [6.45, 7) is 1.44. The van der Waals surface area contributed by atoms with Gasteiger partial charge in [-0.05, 0) is 30.7 Å². The van der Waals surface area contributed by atoms with E-state index in [-0.39, 0.29) is 11.3 Å². The summed E-state index contributed by atoms with van der Waals surface area (Å²) < 4.78 is 13.2. The maximum Gasteiger partial charge on any atom is 0.310 e. The molecule has 1 aromatic carbocycles. The summed E-state index contributed by atoms with van der Waals surface area (Å²) in [7, 11) is 0. The summed E-state index contributed by atoms with van der Waals surface area (Å²) in [5, 5.41) is 48.9. The zero-order valence-corrected chi connectivity index (χ0v) is 12.7. The van der Waals surface area contributed by atoms with Gasteiger partial charge in [0.25, 0.3) is 11.5 Å². The summed E-state index contributed by atoms with van der Waals surface area (Å²) in [5.74, 6) is -6.66. The summed E-state index contributed by atoms with van der Waals surface area (Å²) in [6, 6.07) is 4.84. The van der Waals surface area contributed by atoms with Gasteiger partial charge in [0.15, 0.2) is 11.3 Å². The van der Waals surface area contributed by atoms with Crippen molar-refractivity contribution in [2.45, 2.75) is 12.9 Å². The third-order valence-electron chi connectivity index (χ3n) is 3.28. The van der Waals surface area contributed by atoms with Crippen LogP contribution in [0.2, 0.25) is 0 Å². The number of H-pyrrole nitrogens is 1. The number of halogens is 1. The monoisotopic (exact) mass is 349 g/mol. The molecule has 0 aliphatic carbocycles. The van der Waals surface area contributed by atoms with E-state index in [1.807, 2.05) is 4.98 Å². The predicted molar refractivity (Wildman–Crippen MR) is 80.9 cm³/mol. The first kappa shape index (κ1) is 18.1. The van der Waals surface area contributed by atoms with Gasteiger partial charge in [-0.25, -0.2) is 4.39 Å². The first-order valence-corrected chi connectivity index (χ1v) is 6.70. The molecular weight excluding hydrogens is 337 g/mol. The van der Waals surface area contributed by atoms with E-state index in [1.54, 1.807) is 0 Å². The number of aromatic nitrogens is 1. The Morgan fingerprint density at radius 2 is 2.00 bits per heavy atom. The lowest BCUT2D eigenvalue weighted by atomic mass is 10.1. The van der Waals surface area contributed by atoms with Gasteiger partial charge >= 0.3 is 5.97 Å². The van der Waals surface area contributed by atoms with Gasteiger partial charge in [0, 0.05) is 5.69 Å². The van der Waals surface area contributed by atoms with E-state index >= 15 is 0 Å². The van der Waals surface area contributed by atoms with Crippen LogP contribution in [0.25, 0.3) is 0 Å². The van der Waals surface area contributed by atoms with E-state index in [0.717, 1.165) is 6.07 Å². The molecule has 25 heavy (non-hydrogen) atoms. The van der Waals surface area contributed by atoms with Gasteiger partial charge in [-0.1, -0.05) is 0 Å². The normalized spacial score (nSPS) is 11.0. The summed E-state index contributed by atoms with van der Waals surface area (Å²) in [4.78, 5) is 25.9. The van der Waals surface area contributed by atoms with Crippen LogP contribution in [0, 0.1) is 24.1 Å². The third-order valence-corrected chi connectivity index (χ3v) is 3.28. The van der Waals surface area contributed by atoms with Crippen LogP contribution in [0.4, 0.5) is 10.1 Å². The number of rotatable bonds is 3. The molecule has 0 spiro atoms.